The highest BCUT2D eigenvalue weighted by Crippen LogP contribution is 2.31. The first kappa shape index (κ1) is 18.6. The molecule has 5 heteroatoms. The van der Waals surface area contributed by atoms with Crippen LogP contribution in [0, 0.1) is 0 Å². The number of rotatable bonds is 7. The Labute approximate surface area is 166 Å². The zero-order valence-electron chi connectivity index (χ0n) is 16.4. The summed E-state index contributed by atoms with van der Waals surface area (Å²) in [7, 11) is 1.69. The van der Waals surface area contributed by atoms with E-state index < -0.39 is 0 Å². The van der Waals surface area contributed by atoms with Crippen LogP contribution in [0.15, 0.2) is 67.0 Å². The van der Waals surface area contributed by atoms with Gasteiger partial charge in [0.1, 0.15) is 17.7 Å². The highest BCUT2D eigenvalue weighted by Gasteiger charge is 2.27. The third kappa shape index (κ3) is 3.91. The fourth-order valence-corrected chi connectivity index (χ4v) is 3.60. The van der Waals surface area contributed by atoms with E-state index in [1.807, 2.05) is 37.3 Å². The molecule has 1 unspecified atom stereocenters. The van der Waals surface area contributed by atoms with Gasteiger partial charge in [0.15, 0.2) is 0 Å². The van der Waals surface area contributed by atoms with Gasteiger partial charge >= 0.3 is 0 Å². The molecule has 2 heterocycles. The second-order valence-electron chi connectivity index (χ2n) is 6.79. The summed E-state index contributed by atoms with van der Waals surface area (Å²) in [5.41, 5.74) is 3.44. The van der Waals surface area contributed by atoms with Gasteiger partial charge in [-0.2, -0.15) is 0 Å². The van der Waals surface area contributed by atoms with Crippen molar-refractivity contribution in [1.29, 1.82) is 0 Å². The van der Waals surface area contributed by atoms with Crippen LogP contribution in [0.4, 0.5) is 0 Å². The van der Waals surface area contributed by atoms with Crippen LogP contribution in [-0.2, 0) is 11.3 Å². The molecule has 1 aromatic heterocycles. The van der Waals surface area contributed by atoms with Crippen molar-refractivity contribution in [3.8, 4) is 17.2 Å². The van der Waals surface area contributed by atoms with Crippen molar-refractivity contribution in [2.24, 2.45) is 0 Å². The van der Waals surface area contributed by atoms with Gasteiger partial charge in [-0.1, -0.05) is 24.3 Å². The minimum absolute atomic E-state index is 0.0393. The summed E-state index contributed by atoms with van der Waals surface area (Å²) in [4.78, 5) is 2.36. The molecule has 1 fully saturated rings. The van der Waals surface area contributed by atoms with E-state index in [1.54, 1.807) is 7.11 Å². The van der Waals surface area contributed by atoms with Gasteiger partial charge in [0.25, 0.3) is 0 Å². The molecule has 2 aromatic carbocycles. The van der Waals surface area contributed by atoms with E-state index in [1.165, 1.54) is 5.56 Å². The maximum Gasteiger partial charge on any atom is 0.143 e. The molecule has 146 valence electrons. The summed E-state index contributed by atoms with van der Waals surface area (Å²) < 4.78 is 19.2. The minimum Gasteiger partial charge on any atom is -0.497 e. The van der Waals surface area contributed by atoms with Crippen LogP contribution < -0.4 is 9.47 Å². The number of aromatic nitrogens is 1. The highest BCUT2D eigenvalue weighted by atomic mass is 16.5. The highest BCUT2D eigenvalue weighted by molar-refractivity contribution is 5.47. The maximum absolute atomic E-state index is 6.05. The number of hydrogen-bond donors (Lipinski definition) is 0. The topological polar surface area (TPSA) is 35.9 Å². The lowest BCUT2D eigenvalue weighted by Crippen LogP contribution is -2.23. The van der Waals surface area contributed by atoms with Crippen LogP contribution in [-0.4, -0.2) is 36.3 Å². The molecular formula is C23H26N2O3. The molecule has 0 spiro atoms. The summed E-state index contributed by atoms with van der Waals surface area (Å²) >= 11 is 0. The Hall–Kier alpha value is -2.76. The molecule has 28 heavy (non-hydrogen) atoms. The van der Waals surface area contributed by atoms with Crippen molar-refractivity contribution in [2.75, 3.05) is 26.9 Å². The van der Waals surface area contributed by atoms with E-state index in [0.717, 1.165) is 42.4 Å². The Kier molecular flexibility index (Phi) is 5.65. The molecule has 0 N–H and O–H groups in total. The summed E-state index contributed by atoms with van der Waals surface area (Å²) in [6.07, 6.45) is 4.16. The average molecular weight is 378 g/mol. The van der Waals surface area contributed by atoms with E-state index >= 15 is 0 Å². The zero-order valence-corrected chi connectivity index (χ0v) is 16.4. The lowest BCUT2D eigenvalue weighted by Gasteiger charge is -2.22. The predicted octanol–water partition coefficient (Wildman–Crippen LogP) is 4.42. The van der Waals surface area contributed by atoms with E-state index in [-0.39, 0.29) is 6.23 Å². The Morgan fingerprint density at radius 2 is 1.89 bits per heavy atom. The van der Waals surface area contributed by atoms with Crippen molar-refractivity contribution in [2.45, 2.75) is 19.7 Å². The molecule has 0 saturated carbocycles. The predicted molar refractivity (Wildman–Crippen MR) is 109 cm³/mol. The SMILES string of the molecule is CCOc1ccccc1-n1ccc(C2OCCN2Cc2ccc(OC)cc2)c1. The first-order valence-electron chi connectivity index (χ1n) is 9.67. The van der Waals surface area contributed by atoms with Crippen molar-refractivity contribution in [3.63, 3.8) is 0 Å². The molecule has 0 aliphatic carbocycles. The van der Waals surface area contributed by atoms with E-state index in [0.29, 0.717) is 6.61 Å². The number of methoxy groups -OCH3 is 1. The van der Waals surface area contributed by atoms with E-state index in [4.69, 9.17) is 14.2 Å². The molecule has 4 rings (SSSR count). The Bertz CT molecular complexity index is 904. The maximum atomic E-state index is 6.05. The van der Waals surface area contributed by atoms with Gasteiger partial charge in [0.05, 0.1) is 26.0 Å². The lowest BCUT2D eigenvalue weighted by atomic mass is 10.2. The summed E-state index contributed by atoms with van der Waals surface area (Å²) in [5.74, 6) is 1.76. The number of para-hydroxylation sites is 2. The second-order valence-corrected chi connectivity index (χ2v) is 6.79. The lowest BCUT2D eigenvalue weighted by molar-refractivity contribution is 0.0288. The van der Waals surface area contributed by atoms with Gasteiger partial charge in [-0.15, -0.1) is 0 Å². The van der Waals surface area contributed by atoms with Gasteiger partial charge in [0, 0.05) is 31.0 Å². The number of benzene rings is 2. The van der Waals surface area contributed by atoms with E-state index in [9.17, 15) is 0 Å². The first-order chi connectivity index (χ1) is 13.8. The quantitative estimate of drug-likeness (QED) is 0.610. The van der Waals surface area contributed by atoms with E-state index in [2.05, 4.69) is 46.1 Å². The standard InChI is InChI=1S/C23H26N2O3/c1-3-27-22-7-5-4-6-21(22)24-13-12-19(17-24)23-25(14-15-28-23)16-18-8-10-20(26-2)11-9-18/h4-13,17,23H,3,14-16H2,1-2H3. The van der Waals surface area contributed by atoms with Crippen LogP contribution in [0.3, 0.4) is 0 Å². The average Bonchev–Trinajstić information content (AvgIpc) is 3.39. The third-order valence-electron chi connectivity index (χ3n) is 4.97. The van der Waals surface area contributed by atoms with Crippen LogP contribution in [0.2, 0.25) is 0 Å². The van der Waals surface area contributed by atoms with Gasteiger partial charge in [-0.25, -0.2) is 0 Å². The first-order valence-corrected chi connectivity index (χ1v) is 9.67. The molecular weight excluding hydrogens is 352 g/mol. The summed E-state index contributed by atoms with van der Waals surface area (Å²) in [6.45, 7) is 5.14. The Morgan fingerprint density at radius 3 is 2.68 bits per heavy atom. The number of ether oxygens (including phenoxy) is 3. The molecule has 1 aliphatic heterocycles. The summed E-state index contributed by atoms with van der Waals surface area (Å²) in [6, 6.07) is 18.4. The minimum atomic E-state index is -0.0393. The largest absolute Gasteiger partial charge is 0.497 e. The van der Waals surface area contributed by atoms with Crippen LogP contribution in [0.25, 0.3) is 5.69 Å². The zero-order chi connectivity index (χ0) is 19.3. The monoisotopic (exact) mass is 378 g/mol. The van der Waals surface area contributed by atoms with Crippen molar-refractivity contribution < 1.29 is 14.2 Å². The van der Waals surface area contributed by atoms with Crippen LogP contribution in [0.1, 0.15) is 24.3 Å². The third-order valence-corrected chi connectivity index (χ3v) is 4.97. The molecule has 0 radical (unpaired) electrons. The molecule has 0 amide bonds. The molecule has 1 saturated heterocycles. The molecule has 5 nitrogen and oxygen atoms in total. The molecule has 0 bridgehead atoms. The Morgan fingerprint density at radius 1 is 1.07 bits per heavy atom. The van der Waals surface area contributed by atoms with Crippen molar-refractivity contribution in [3.05, 3.63) is 78.1 Å². The smallest absolute Gasteiger partial charge is 0.143 e. The fraction of sp³-hybridized carbons (Fsp3) is 0.304. The molecule has 1 atom stereocenters. The normalized spacial score (nSPS) is 17.0. The van der Waals surface area contributed by atoms with Gasteiger partial charge in [-0.3, -0.25) is 4.90 Å². The van der Waals surface area contributed by atoms with Crippen LogP contribution in [0.5, 0.6) is 11.5 Å². The second kappa shape index (κ2) is 8.50. The Balaban J connectivity index is 1.52. The van der Waals surface area contributed by atoms with Gasteiger partial charge < -0.3 is 18.8 Å². The number of hydrogen-bond acceptors (Lipinski definition) is 4. The number of nitrogens with zero attached hydrogens (tertiary/aromatic N) is 2. The summed E-state index contributed by atoms with van der Waals surface area (Å²) in [5, 5.41) is 0. The van der Waals surface area contributed by atoms with Crippen LogP contribution >= 0.6 is 0 Å². The fourth-order valence-electron chi connectivity index (χ4n) is 3.60. The van der Waals surface area contributed by atoms with Gasteiger partial charge in [0.2, 0.25) is 0 Å². The van der Waals surface area contributed by atoms with Crippen molar-refractivity contribution >= 4 is 0 Å². The molecule has 3 aromatic rings. The van der Waals surface area contributed by atoms with Crippen molar-refractivity contribution in [1.82, 2.24) is 9.47 Å². The molecule has 1 aliphatic rings. The van der Waals surface area contributed by atoms with Gasteiger partial charge in [-0.05, 0) is 42.8 Å².